The summed E-state index contributed by atoms with van der Waals surface area (Å²) >= 11 is 0. The van der Waals surface area contributed by atoms with E-state index < -0.39 is 5.92 Å². The van der Waals surface area contributed by atoms with Crippen molar-refractivity contribution in [3.63, 3.8) is 0 Å². The van der Waals surface area contributed by atoms with Gasteiger partial charge >= 0.3 is 0 Å². The van der Waals surface area contributed by atoms with E-state index in [2.05, 4.69) is 11.2 Å². The second-order valence-electron chi connectivity index (χ2n) is 4.77. The average Bonchev–Trinajstić information content (AvgIpc) is 2.54. The van der Waals surface area contributed by atoms with Crippen molar-refractivity contribution in [2.24, 2.45) is 5.92 Å². The van der Waals surface area contributed by atoms with Gasteiger partial charge in [-0.3, -0.25) is 4.79 Å². The molecule has 110 valence electrons. The van der Waals surface area contributed by atoms with Crippen LogP contribution >= 0.6 is 0 Å². The van der Waals surface area contributed by atoms with Gasteiger partial charge in [-0.25, -0.2) is 9.07 Å². The predicted molar refractivity (Wildman–Crippen MR) is 77.8 cm³/mol. The monoisotopic (exact) mass is 296 g/mol. The second-order valence-corrected chi connectivity index (χ2v) is 4.77. The minimum Gasteiger partial charge on any atom is -0.268 e. The molecule has 0 N–H and O–H groups in total. The Bertz CT molecular complexity index is 784. The van der Waals surface area contributed by atoms with Crippen molar-refractivity contribution in [2.45, 2.75) is 19.4 Å². The Morgan fingerprint density at radius 3 is 2.55 bits per heavy atom. The molecule has 0 amide bonds. The van der Waals surface area contributed by atoms with Gasteiger partial charge < -0.3 is 0 Å². The topological polar surface area (TPSA) is 82.5 Å². The molecule has 0 saturated heterocycles. The van der Waals surface area contributed by atoms with E-state index in [9.17, 15) is 9.18 Å². The van der Waals surface area contributed by atoms with Crippen LogP contribution in [0.15, 0.2) is 41.2 Å². The Hall–Kier alpha value is -2.99. The number of aromatic nitrogens is 2. The summed E-state index contributed by atoms with van der Waals surface area (Å²) in [6.45, 7) is 0.131. The van der Waals surface area contributed by atoms with Crippen LogP contribution in [0.5, 0.6) is 0 Å². The van der Waals surface area contributed by atoms with Crippen LogP contribution in [-0.2, 0) is 6.54 Å². The number of benzene rings is 1. The highest BCUT2D eigenvalue weighted by Gasteiger charge is 2.11. The number of nitrogens with zero attached hydrogens (tertiary/aromatic N) is 4. The molecule has 0 spiro atoms. The fourth-order valence-corrected chi connectivity index (χ4v) is 2.00. The molecule has 1 heterocycles. The first-order chi connectivity index (χ1) is 10.6. The van der Waals surface area contributed by atoms with Gasteiger partial charge in [0.15, 0.2) is 0 Å². The third kappa shape index (κ3) is 3.77. The molecule has 0 saturated carbocycles. The molecule has 0 aliphatic carbocycles. The number of hydrogen-bond acceptors (Lipinski definition) is 4. The molecule has 1 aromatic heterocycles. The summed E-state index contributed by atoms with van der Waals surface area (Å²) < 4.78 is 14.2. The van der Waals surface area contributed by atoms with Gasteiger partial charge in [0.05, 0.1) is 30.3 Å². The summed E-state index contributed by atoms with van der Waals surface area (Å²) in [4.78, 5) is 11.8. The lowest BCUT2D eigenvalue weighted by Crippen LogP contribution is -2.25. The van der Waals surface area contributed by atoms with Crippen molar-refractivity contribution in [2.75, 3.05) is 0 Å². The molecule has 5 nitrogen and oxygen atoms in total. The van der Waals surface area contributed by atoms with Gasteiger partial charge in [-0.05, 0) is 36.8 Å². The average molecular weight is 296 g/mol. The summed E-state index contributed by atoms with van der Waals surface area (Å²) in [5.41, 5.74) is 0.889. The van der Waals surface area contributed by atoms with Gasteiger partial charge in [-0.15, -0.1) is 0 Å². The Labute approximate surface area is 126 Å². The van der Waals surface area contributed by atoms with Crippen LogP contribution in [0.1, 0.15) is 12.8 Å². The Morgan fingerprint density at radius 2 is 1.91 bits per heavy atom. The van der Waals surface area contributed by atoms with Gasteiger partial charge in [-0.2, -0.15) is 15.6 Å². The summed E-state index contributed by atoms with van der Waals surface area (Å²) in [5.74, 6) is -0.800. The molecule has 0 bridgehead atoms. The highest BCUT2D eigenvalue weighted by molar-refractivity contribution is 5.57. The lowest BCUT2D eigenvalue weighted by Gasteiger charge is -2.10. The van der Waals surface area contributed by atoms with Gasteiger partial charge in [0.1, 0.15) is 5.82 Å². The Balaban J connectivity index is 2.27. The molecular weight excluding hydrogens is 283 g/mol. The molecule has 1 aromatic carbocycles. The summed E-state index contributed by atoms with van der Waals surface area (Å²) in [7, 11) is 0. The lowest BCUT2D eigenvalue weighted by atomic mass is 10.1. The van der Waals surface area contributed by atoms with Gasteiger partial charge in [-0.1, -0.05) is 0 Å². The number of rotatable bonds is 5. The smallest absolute Gasteiger partial charge is 0.266 e. The van der Waals surface area contributed by atoms with Crippen molar-refractivity contribution in [3.8, 4) is 23.4 Å². The van der Waals surface area contributed by atoms with Crippen molar-refractivity contribution in [1.82, 2.24) is 9.78 Å². The largest absolute Gasteiger partial charge is 0.268 e. The minimum atomic E-state index is -0.451. The molecule has 0 radical (unpaired) electrons. The van der Waals surface area contributed by atoms with E-state index in [1.165, 1.54) is 22.9 Å². The predicted octanol–water partition coefficient (Wildman–Crippen LogP) is 2.49. The van der Waals surface area contributed by atoms with Gasteiger partial charge in [0, 0.05) is 18.1 Å². The third-order valence-electron chi connectivity index (χ3n) is 3.19. The van der Waals surface area contributed by atoms with Crippen LogP contribution in [0.4, 0.5) is 4.39 Å². The lowest BCUT2D eigenvalue weighted by molar-refractivity contribution is 0.460. The van der Waals surface area contributed by atoms with E-state index in [4.69, 9.17) is 10.5 Å². The third-order valence-corrected chi connectivity index (χ3v) is 3.19. The Morgan fingerprint density at radius 1 is 1.18 bits per heavy atom. The van der Waals surface area contributed by atoms with Crippen molar-refractivity contribution in [1.29, 1.82) is 10.5 Å². The van der Waals surface area contributed by atoms with Crippen LogP contribution in [0, 0.1) is 34.4 Å². The number of hydrogen-bond donors (Lipinski definition) is 0. The standard InChI is InChI=1S/C16H13FN4O/c17-14-5-3-13(4-6-14)15-7-8-16(22)21(20-15)11-12(10-19)2-1-9-18/h3-8,12H,1-2,11H2/t12-/m1/s1. The zero-order chi connectivity index (χ0) is 15.9. The second kappa shape index (κ2) is 7.14. The van der Waals surface area contributed by atoms with E-state index in [1.54, 1.807) is 18.2 Å². The van der Waals surface area contributed by atoms with Gasteiger partial charge in [0.2, 0.25) is 0 Å². The zero-order valence-corrected chi connectivity index (χ0v) is 11.7. The van der Waals surface area contributed by atoms with E-state index in [0.717, 1.165) is 0 Å². The quantitative estimate of drug-likeness (QED) is 0.848. The number of halogens is 1. The SMILES string of the molecule is N#CCC[C@H](C#N)Cn1nc(-c2ccc(F)cc2)ccc1=O. The van der Waals surface area contributed by atoms with E-state index in [0.29, 0.717) is 17.7 Å². The fourth-order valence-electron chi connectivity index (χ4n) is 2.00. The molecule has 22 heavy (non-hydrogen) atoms. The molecule has 0 fully saturated rings. The first-order valence-corrected chi connectivity index (χ1v) is 6.74. The van der Waals surface area contributed by atoms with E-state index in [-0.39, 0.29) is 24.3 Å². The Kier molecular flexibility index (Phi) is 5.00. The molecule has 2 aromatic rings. The molecule has 6 heteroatoms. The van der Waals surface area contributed by atoms with Crippen molar-refractivity contribution >= 4 is 0 Å². The molecule has 1 atom stereocenters. The summed E-state index contributed by atoms with van der Waals surface area (Å²) in [5, 5.41) is 21.9. The first-order valence-electron chi connectivity index (χ1n) is 6.74. The van der Waals surface area contributed by atoms with Crippen LogP contribution in [0.3, 0.4) is 0 Å². The molecule has 0 aliphatic rings. The first kappa shape index (κ1) is 15.4. The van der Waals surface area contributed by atoms with Crippen LogP contribution in [0.25, 0.3) is 11.3 Å². The van der Waals surface area contributed by atoms with Crippen molar-refractivity contribution < 1.29 is 4.39 Å². The fraction of sp³-hybridized carbons (Fsp3) is 0.250. The molecule has 0 aliphatic heterocycles. The molecule has 0 unspecified atom stereocenters. The molecular formula is C16H13FN4O. The normalized spacial score (nSPS) is 11.4. The zero-order valence-electron chi connectivity index (χ0n) is 11.7. The van der Waals surface area contributed by atoms with Crippen LogP contribution < -0.4 is 5.56 Å². The van der Waals surface area contributed by atoms with E-state index in [1.807, 2.05) is 6.07 Å². The van der Waals surface area contributed by atoms with E-state index >= 15 is 0 Å². The van der Waals surface area contributed by atoms with Crippen LogP contribution in [0.2, 0.25) is 0 Å². The maximum Gasteiger partial charge on any atom is 0.266 e. The summed E-state index contributed by atoms with van der Waals surface area (Å²) in [6.07, 6.45) is 0.645. The minimum absolute atomic E-state index is 0.131. The maximum absolute atomic E-state index is 12.9. The maximum atomic E-state index is 12.9. The molecule has 2 rings (SSSR count). The highest BCUT2D eigenvalue weighted by atomic mass is 19.1. The van der Waals surface area contributed by atoms with Crippen LogP contribution in [-0.4, -0.2) is 9.78 Å². The van der Waals surface area contributed by atoms with Gasteiger partial charge in [0.25, 0.3) is 5.56 Å². The number of nitriles is 2. The highest BCUT2D eigenvalue weighted by Crippen LogP contribution is 2.16. The summed E-state index contributed by atoms with van der Waals surface area (Å²) in [6, 6.07) is 12.8. The van der Waals surface area contributed by atoms with Crippen molar-refractivity contribution in [3.05, 3.63) is 52.6 Å².